The second-order valence-corrected chi connectivity index (χ2v) is 6.46. The van der Waals surface area contributed by atoms with E-state index in [1.54, 1.807) is 13.2 Å². The van der Waals surface area contributed by atoms with Crippen LogP contribution in [0.5, 0.6) is 0 Å². The Hall–Kier alpha value is -3.28. The smallest absolute Gasteiger partial charge is 0.270 e. The number of hydrogen-bond acceptors (Lipinski definition) is 4. The Bertz CT molecular complexity index is 1140. The maximum absolute atomic E-state index is 12.3. The fourth-order valence-electron chi connectivity index (χ4n) is 3.25. The summed E-state index contributed by atoms with van der Waals surface area (Å²) in [7, 11) is 1.60. The van der Waals surface area contributed by atoms with E-state index < -0.39 is 0 Å². The first kappa shape index (κ1) is 20.5. The number of amides is 1. The lowest BCUT2D eigenvalue weighted by molar-refractivity contribution is 0.0960. The molecule has 0 saturated carbocycles. The zero-order valence-electron chi connectivity index (χ0n) is 15.9. The first-order valence-corrected chi connectivity index (χ1v) is 9.08. The number of nitrogens with zero attached hydrogens (tertiary/aromatic N) is 2. The standard InChI is InChI=1S/C23H20N4O.ClH/c1-25-23(28)22-19-13-18(16-5-3-2-4-6-16)21(27-20(19)11-12-26-22)17-9-7-15(14-24)8-10-17;/h2-13H,14,24H2,1H3,(H,25,28);1H. The Morgan fingerprint density at radius 3 is 2.38 bits per heavy atom. The Labute approximate surface area is 175 Å². The van der Waals surface area contributed by atoms with E-state index in [2.05, 4.69) is 10.3 Å². The molecule has 0 radical (unpaired) electrons. The first-order valence-electron chi connectivity index (χ1n) is 9.08. The fourth-order valence-corrected chi connectivity index (χ4v) is 3.25. The van der Waals surface area contributed by atoms with Gasteiger partial charge in [-0.05, 0) is 23.3 Å². The third-order valence-corrected chi connectivity index (χ3v) is 4.73. The minimum absolute atomic E-state index is 0. The van der Waals surface area contributed by atoms with Crippen LogP contribution in [0.25, 0.3) is 33.3 Å². The number of hydrogen-bond donors (Lipinski definition) is 2. The van der Waals surface area contributed by atoms with E-state index in [0.29, 0.717) is 12.2 Å². The van der Waals surface area contributed by atoms with Gasteiger partial charge in [-0.1, -0.05) is 54.6 Å². The molecule has 0 unspecified atom stereocenters. The molecule has 5 nitrogen and oxygen atoms in total. The van der Waals surface area contributed by atoms with Crippen LogP contribution in [0.15, 0.2) is 72.9 Å². The van der Waals surface area contributed by atoms with Gasteiger partial charge in [0.15, 0.2) is 0 Å². The molecule has 3 N–H and O–H groups in total. The van der Waals surface area contributed by atoms with E-state index in [4.69, 9.17) is 10.7 Å². The molecule has 0 fully saturated rings. The molecule has 2 aromatic carbocycles. The maximum atomic E-state index is 12.3. The van der Waals surface area contributed by atoms with Crippen LogP contribution in [0.3, 0.4) is 0 Å². The van der Waals surface area contributed by atoms with E-state index in [0.717, 1.165) is 38.9 Å². The molecule has 1 amide bonds. The monoisotopic (exact) mass is 404 g/mol. The third kappa shape index (κ3) is 3.97. The number of aromatic nitrogens is 2. The number of pyridine rings is 2. The summed E-state index contributed by atoms with van der Waals surface area (Å²) < 4.78 is 0. The van der Waals surface area contributed by atoms with E-state index in [-0.39, 0.29) is 18.3 Å². The topological polar surface area (TPSA) is 80.9 Å². The van der Waals surface area contributed by atoms with Crippen molar-refractivity contribution in [2.75, 3.05) is 7.05 Å². The zero-order valence-corrected chi connectivity index (χ0v) is 16.7. The molecular formula is C23H21ClN4O. The quantitative estimate of drug-likeness (QED) is 0.534. The second-order valence-electron chi connectivity index (χ2n) is 6.46. The summed E-state index contributed by atoms with van der Waals surface area (Å²) in [6.45, 7) is 0.498. The molecule has 2 heterocycles. The summed E-state index contributed by atoms with van der Waals surface area (Å²) >= 11 is 0. The van der Waals surface area contributed by atoms with Gasteiger partial charge in [-0.15, -0.1) is 12.4 Å². The normalized spacial score (nSPS) is 10.4. The van der Waals surface area contributed by atoms with E-state index in [9.17, 15) is 4.79 Å². The number of fused-ring (bicyclic) bond motifs is 1. The molecule has 0 aliphatic rings. The van der Waals surface area contributed by atoms with Crippen LogP contribution in [0.1, 0.15) is 16.1 Å². The van der Waals surface area contributed by atoms with Crippen LogP contribution < -0.4 is 11.1 Å². The Kier molecular flexibility index (Phi) is 6.22. The molecule has 0 aliphatic carbocycles. The molecule has 6 heteroatoms. The number of rotatable bonds is 4. The van der Waals surface area contributed by atoms with Gasteiger partial charge < -0.3 is 11.1 Å². The summed E-state index contributed by atoms with van der Waals surface area (Å²) in [6, 6.07) is 22.0. The van der Waals surface area contributed by atoms with Crippen molar-refractivity contribution in [1.29, 1.82) is 0 Å². The van der Waals surface area contributed by atoms with E-state index >= 15 is 0 Å². The summed E-state index contributed by atoms with van der Waals surface area (Å²) in [4.78, 5) is 21.5. The minimum Gasteiger partial charge on any atom is -0.354 e. The van der Waals surface area contributed by atoms with Crippen molar-refractivity contribution < 1.29 is 4.79 Å². The molecule has 0 bridgehead atoms. The lowest BCUT2D eigenvalue weighted by atomic mass is 9.96. The molecule has 4 rings (SSSR count). The van der Waals surface area contributed by atoms with Gasteiger partial charge in [-0.25, -0.2) is 4.98 Å². The highest BCUT2D eigenvalue weighted by Crippen LogP contribution is 2.34. The van der Waals surface area contributed by atoms with Crippen molar-refractivity contribution in [3.63, 3.8) is 0 Å². The average Bonchev–Trinajstić information content (AvgIpc) is 2.78. The van der Waals surface area contributed by atoms with Gasteiger partial charge in [-0.2, -0.15) is 0 Å². The summed E-state index contributed by atoms with van der Waals surface area (Å²) in [6.07, 6.45) is 1.61. The third-order valence-electron chi connectivity index (χ3n) is 4.73. The summed E-state index contributed by atoms with van der Waals surface area (Å²) in [5, 5.41) is 3.38. The highest BCUT2D eigenvalue weighted by atomic mass is 35.5. The van der Waals surface area contributed by atoms with Gasteiger partial charge >= 0.3 is 0 Å². The molecule has 146 valence electrons. The molecule has 4 aromatic rings. The molecule has 0 saturated heterocycles. The van der Waals surface area contributed by atoms with Crippen LogP contribution in [0.2, 0.25) is 0 Å². The predicted molar refractivity (Wildman–Crippen MR) is 119 cm³/mol. The van der Waals surface area contributed by atoms with Crippen molar-refractivity contribution in [2.24, 2.45) is 5.73 Å². The number of benzene rings is 2. The molecule has 29 heavy (non-hydrogen) atoms. The van der Waals surface area contributed by atoms with E-state index in [1.165, 1.54) is 0 Å². The zero-order chi connectivity index (χ0) is 19.5. The molecule has 2 aromatic heterocycles. The SMILES string of the molecule is CNC(=O)c1nccc2nc(-c3ccc(CN)cc3)c(-c3ccccc3)cc12.Cl. The van der Waals surface area contributed by atoms with Gasteiger partial charge in [0, 0.05) is 36.3 Å². The maximum Gasteiger partial charge on any atom is 0.270 e. The van der Waals surface area contributed by atoms with E-state index in [1.807, 2.05) is 66.7 Å². The number of halogens is 1. The number of nitrogens with one attached hydrogen (secondary N) is 1. The van der Waals surface area contributed by atoms with Crippen molar-refractivity contribution >= 4 is 29.2 Å². The summed E-state index contributed by atoms with van der Waals surface area (Å²) in [5.74, 6) is -0.230. The van der Waals surface area contributed by atoms with Gasteiger partial charge in [0.1, 0.15) is 5.69 Å². The Morgan fingerprint density at radius 2 is 1.72 bits per heavy atom. The lowest BCUT2D eigenvalue weighted by Crippen LogP contribution is -2.19. The Morgan fingerprint density at radius 1 is 1.00 bits per heavy atom. The van der Waals surface area contributed by atoms with Crippen molar-refractivity contribution in [3.8, 4) is 22.4 Å². The number of carbonyl (C=O) groups is 1. The predicted octanol–water partition coefficient (Wildman–Crippen LogP) is 4.20. The molecule has 0 spiro atoms. The highest BCUT2D eigenvalue weighted by molar-refractivity contribution is 6.06. The lowest BCUT2D eigenvalue weighted by Gasteiger charge is -2.13. The molecular weight excluding hydrogens is 384 g/mol. The van der Waals surface area contributed by atoms with Crippen molar-refractivity contribution in [2.45, 2.75) is 6.54 Å². The molecule has 0 aliphatic heterocycles. The van der Waals surface area contributed by atoms with Crippen molar-refractivity contribution in [3.05, 3.63) is 84.2 Å². The van der Waals surface area contributed by atoms with Gasteiger partial charge in [0.25, 0.3) is 5.91 Å². The van der Waals surface area contributed by atoms with Crippen molar-refractivity contribution in [1.82, 2.24) is 15.3 Å². The minimum atomic E-state index is -0.230. The van der Waals surface area contributed by atoms with Gasteiger partial charge in [0.2, 0.25) is 0 Å². The van der Waals surface area contributed by atoms with Crippen LogP contribution in [0.4, 0.5) is 0 Å². The number of carbonyl (C=O) groups excluding carboxylic acids is 1. The summed E-state index contributed by atoms with van der Waals surface area (Å²) in [5.41, 5.74) is 11.7. The number of nitrogens with two attached hydrogens (primary N) is 1. The van der Waals surface area contributed by atoms with Gasteiger partial charge in [-0.3, -0.25) is 9.78 Å². The van der Waals surface area contributed by atoms with Crippen LogP contribution in [-0.4, -0.2) is 22.9 Å². The van der Waals surface area contributed by atoms with Crippen LogP contribution >= 0.6 is 12.4 Å². The van der Waals surface area contributed by atoms with Gasteiger partial charge in [0.05, 0.1) is 11.2 Å². The van der Waals surface area contributed by atoms with Crippen LogP contribution in [0, 0.1) is 0 Å². The van der Waals surface area contributed by atoms with Crippen LogP contribution in [-0.2, 0) is 6.54 Å². The molecule has 0 atom stereocenters. The largest absolute Gasteiger partial charge is 0.354 e. The Balaban J connectivity index is 0.00000240. The first-order chi connectivity index (χ1) is 13.7. The second kappa shape index (κ2) is 8.82. The average molecular weight is 405 g/mol. The fraction of sp³-hybridized carbons (Fsp3) is 0.0870. The highest BCUT2D eigenvalue weighted by Gasteiger charge is 2.16.